The zero-order valence-corrected chi connectivity index (χ0v) is 11.3. The maximum absolute atomic E-state index is 12.0. The van der Waals surface area contributed by atoms with Crippen molar-refractivity contribution in [2.75, 3.05) is 12.4 Å². The van der Waals surface area contributed by atoms with Crippen molar-refractivity contribution < 1.29 is 9.53 Å². The zero-order valence-electron chi connectivity index (χ0n) is 11.3. The number of hydrogen-bond donors (Lipinski definition) is 2. The molecule has 2 atom stereocenters. The van der Waals surface area contributed by atoms with Crippen LogP contribution in [0.3, 0.4) is 0 Å². The molecular weight excluding hydrogens is 228 g/mol. The molecule has 0 aliphatic rings. The molecule has 1 aromatic rings. The van der Waals surface area contributed by atoms with Crippen LogP contribution in [0.4, 0.5) is 5.69 Å². The van der Waals surface area contributed by atoms with Crippen LogP contribution < -0.4 is 11.1 Å². The molecule has 100 valence electrons. The minimum absolute atomic E-state index is 0.145. The first-order valence-corrected chi connectivity index (χ1v) is 6.23. The first-order chi connectivity index (χ1) is 8.60. The van der Waals surface area contributed by atoms with Crippen molar-refractivity contribution in [1.29, 1.82) is 0 Å². The number of nitrogens with two attached hydrogens (primary N) is 1. The van der Waals surface area contributed by atoms with Crippen LogP contribution in [-0.2, 0) is 16.1 Å². The van der Waals surface area contributed by atoms with Crippen molar-refractivity contribution in [1.82, 2.24) is 0 Å². The summed E-state index contributed by atoms with van der Waals surface area (Å²) in [6.07, 6.45) is 0.883. The zero-order chi connectivity index (χ0) is 13.5. The summed E-state index contributed by atoms with van der Waals surface area (Å²) in [5, 5.41) is 2.87. The fraction of sp³-hybridized carbons (Fsp3) is 0.500. The van der Waals surface area contributed by atoms with E-state index in [-0.39, 0.29) is 11.8 Å². The van der Waals surface area contributed by atoms with E-state index >= 15 is 0 Å². The Morgan fingerprint density at radius 1 is 1.44 bits per heavy atom. The summed E-state index contributed by atoms with van der Waals surface area (Å²) < 4.78 is 5.10. The third-order valence-corrected chi connectivity index (χ3v) is 3.13. The van der Waals surface area contributed by atoms with E-state index in [0.717, 1.165) is 17.7 Å². The summed E-state index contributed by atoms with van der Waals surface area (Å²) in [5.74, 6) is 0.0208. The lowest BCUT2D eigenvalue weighted by molar-refractivity contribution is -0.118. The van der Waals surface area contributed by atoms with E-state index < -0.39 is 6.04 Å². The monoisotopic (exact) mass is 250 g/mol. The van der Waals surface area contributed by atoms with Gasteiger partial charge in [0.25, 0.3) is 0 Å². The van der Waals surface area contributed by atoms with E-state index in [4.69, 9.17) is 10.5 Å². The normalized spacial score (nSPS) is 14.0. The molecule has 0 radical (unpaired) electrons. The predicted octanol–water partition coefficient (Wildman–Crippen LogP) is 2.14. The molecule has 3 N–H and O–H groups in total. The highest BCUT2D eigenvalue weighted by Gasteiger charge is 2.19. The van der Waals surface area contributed by atoms with Gasteiger partial charge in [0.2, 0.25) is 5.91 Å². The molecule has 0 aromatic heterocycles. The van der Waals surface area contributed by atoms with Crippen LogP contribution in [-0.4, -0.2) is 19.1 Å². The fourth-order valence-corrected chi connectivity index (χ4v) is 1.65. The number of amides is 1. The lowest BCUT2D eigenvalue weighted by atomic mass is 9.99. The second-order valence-corrected chi connectivity index (χ2v) is 4.49. The number of benzene rings is 1. The Morgan fingerprint density at radius 3 is 2.72 bits per heavy atom. The first-order valence-electron chi connectivity index (χ1n) is 6.23. The van der Waals surface area contributed by atoms with Gasteiger partial charge in [-0.25, -0.2) is 0 Å². The number of carbonyl (C=O) groups is 1. The van der Waals surface area contributed by atoms with Gasteiger partial charge in [-0.3, -0.25) is 4.79 Å². The molecule has 1 rings (SSSR count). The van der Waals surface area contributed by atoms with E-state index in [1.807, 2.05) is 38.1 Å². The number of para-hydroxylation sites is 1. The Bertz CT molecular complexity index is 393. The summed E-state index contributed by atoms with van der Waals surface area (Å²) in [6, 6.07) is 7.09. The molecule has 1 aromatic carbocycles. The molecule has 1 unspecified atom stereocenters. The van der Waals surface area contributed by atoms with E-state index in [1.54, 1.807) is 7.11 Å². The largest absolute Gasteiger partial charge is 0.380 e. The number of anilines is 1. The molecule has 1 amide bonds. The van der Waals surface area contributed by atoms with Crippen molar-refractivity contribution in [3.8, 4) is 0 Å². The number of nitrogens with one attached hydrogen (secondary N) is 1. The number of carbonyl (C=O) groups excluding carboxylic acids is 1. The molecule has 18 heavy (non-hydrogen) atoms. The lowest BCUT2D eigenvalue weighted by Gasteiger charge is -2.18. The van der Waals surface area contributed by atoms with Crippen LogP contribution in [0.1, 0.15) is 25.8 Å². The molecule has 0 bridgehead atoms. The van der Waals surface area contributed by atoms with Gasteiger partial charge in [0, 0.05) is 18.4 Å². The molecule has 0 saturated heterocycles. The van der Waals surface area contributed by atoms with Gasteiger partial charge in [-0.15, -0.1) is 0 Å². The minimum atomic E-state index is -0.481. The van der Waals surface area contributed by atoms with Gasteiger partial charge in [0.1, 0.15) is 0 Å². The summed E-state index contributed by atoms with van der Waals surface area (Å²) >= 11 is 0. The maximum atomic E-state index is 12.0. The second kappa shape index (κ2) is 7.13. The maximum Gasteiger partial charge on any atom is 0.241 e. The van der Waals surface area contributed by atoms with Crippen LogP contribution in [0.2, 0.25) is 0 Å². The van der Waals surface area contributed by atoms with Crippen molar-refractivity contribution in [3.05, 3.63) is 29.8 Å². The van der Waals surface area contributed by atoms with Gasteiger partial charge < -0.3 is 15.8 Å². The Balaban J connectivity index is 2.75. The smallest absolute Gasteiger partial charge is 0.241 e. The Labute approximate surface area is 109 Å². The first kappa shape index (κ1) is 14.7. The third-order valence-electron chi connectivity index (χ3n) is 3.13. The van der Waals surface area contributed by atoms with Crippen molar-refractivity contribution >= 4 is 11.6 Å². The van der Waals surface area contributed by atoms with Gasteiger partial charge in [-0.2, -0.15) is 0 Å². The summed E-state index contributed by atoms with van der Waals surface area (Å²) in [5.41, 5.74) is 7.62. The lowest BCUT2D eigenvalue weighted by Crippen LogP contribution is -2.40. The van der Waals surface area contributed by atoms with Gasteiger partial charge in [0.05, 0.1) is 12.6 Å². The fourth-order valence-electron chi connectivity index (χ4n) is 1.65. The summed E-state index contributed by atoms with van der Waals surface area (Å²) in [7, 11) is 1.63. The Kier molecular flexibility index (Phi) is 5.82. The standard InChI is InChI=1S/C14H22N2O2/c1-4-10(2)13(15)14(17)16-12-8-6-5-7-11(12)9-18-3/h5-8,10,13H,4,9,15H2,1-3H3,(H,16,17)/t10?,13-/m0/s1. The molecule has 0 aliphatic carbocycles. The average Bonchev–Trinajstić information content (AvgIpc) is 2.39. The molecule has 0 spiro atoms. The van der Waals surface area contributed by atoms with Gasteiger partial charge >= 0.3 is 0 Å². The van der Waals surface area contributed by atoms with Gasteiger partial charge in [0.15, 0.2) is 0 Å². The summed E-state index contributed by atoms with van der Waals surface area (Å²) in [4.78, 5) is 12.0. The molecule has 0 aliphatic heterocycles. The summed E-state index contributed by atoms with van der Waals surface area (Å²) in [6.45, 7) is 4.47. The number of rotatable bonds is 6. The number of methoxy groups -OCH3 is 1. The molecular formula is C14H22N2O2. The molecule has 4 heteroatoms. The van der Waals surface area contributed by atoms with Crippen molar-refractivity contribution in [2.24, 2.45) is 11.7 Å². The van der Waals surface area contributed by atoms with Gasteiger partial charge in [-0.1, -0.05) is 38.5 Å². The van der Waals surface area contributed by atoms with E-state index in [1.165, 1.54) is 0 Å². The quantitative estimate of drug-likeness (QED) is 0.813. The molecule has 0 fully saturated rings. The molecule has 0 saturated carbocycles. The topological polar surface area (TPSA) is 64.4 Å². The predicted molar refractivity (Wildman–Crippen MR) is 73.2 cm³/mol. The highest BCUT2D eigenvalue weighted by Crippen LogP contribution is 2.17. The van der Waals surface area contributed by atoms with Crippen molar-refractivity contribution in [2.45, 2.75) is 32.9 Å². The Hall–Kier alpha value is -1.39. The average molecular weight is 250 g/mol. The van der Waals surface area contributed by atoms with Gasteiger partial charge in [-0.05, 0) is 12.0 Å². The highest BCUT2D eigenvalue weighted by molar-refractivity contribution is 5.95. The van der Waals surface area contributed by atoms with E-state index in [2.05, 4.69) is 5.32 Å². The Morgan fingerprint density at radius 2 is 2.11 bits per heavy atom. The van der Waals surface area contributed by atoms with Crippen LogP contribution in [0, 0.1) is 5.92 Å². The van der Waals surface area contributed by atoms with Crippen LogP contribution in [0.5, 0.6) is 0 Å². The van der Waals surface area contributed by atoms with E-state index in [0.29, 0.717) is 6.61 Å². The second-order valence-electron chi connectivity index (χ2n) is 4.49. The number of ether oxygens (including phenoxy) is 1. The third kappa shape index (κ3) is 3.82. The van der Waals surface area contributed by atoms with E-state index in [9.17, 15) is 4.79 Å². The molecule has 4 nitrogen and oxygen atoms in total. The highest BCUT2D eigenvalue weighted by atomic mass is 16.5. The van der Waals surface area contributed by atoms with Crippen LogP contribution >= 0.6 is 0 Å². The SMILES string of the molecule is CCC(C)[C@H](N)C(=O)Nc1ccccc1COC. The van der Waals surface area contributed by atoms with Crippen molar-refractivity contribution in [3.63, 3.8) is 0 Å². The van der Waals surface area contributed by atoms with Crippen LogP contribution in [0.15, 0.2) is 24.3 Å². The minimum Gasteiger partial charge on any atom is -0.380 e. The van der Waals surface area contributed by atoms with Crippen LogP contribution in [0.25, 0.3) is 0 Å². The molecule has 0 heterocycles. The number of hydrogen-bond acceptors (Lipinski definition) is 3.